The fraction of sp³-hybridized carbons (Fsp3) is 0.429. The molecule has 2 aromatic rings. The van der Waals surface area contributed by atoms with Crippen molar-refractivity contribution < 1.29 is 0 Å². The van der Waals surface area contributed by atoms with Crippen LogP contribution < -0.4 is 11.1 Å². The Labute approximate surface area is 101 Å². The van der Waals surface area contributed by atoms with Gasteiger partial charge in [-0.05, 0) is 42.3 Å². The van der Waals surface area contributed by atoms with Gasteiger partial charge >= 0.3 is 0 Å². The quantitative estimate of drug-likeness (QED) is 0.737. The van der Waals surface area contributed by atoms with E-state index in [9.17, 15) is 0 Å². The summed E-state index contributed by atoms with van der Waals surface area (Å²) in [5.41, 5.74) is 8.52. The highest BCUT2D eigenvalue weighted by atomic mass is 14.9. The van der Waals surface area contributed by atoms with Gasteiger partial charge in [0.05, 0.1) is 0 Å². The second kappa shape index (κ2) is 4.51. The minimum absolute atomic E-state index is 0.471. The fourth-order valence-electron chi connectivity index (χ4n) is 2.92. The van der Waals surface area contributed by atoms with Crippen LogP contribution in [0.3, 0.4) is 0 Å². The standard InChI is InChI=1S/C14H19N3/c15-9-12-8-11(5-6-16-12)13-3-1-2-10-4-7-17-14(10)13/h1-4,7,11-12,16-17H,5-6,8-9,15H2. The van der Waals surface area contributed by atoms with Crippen LogP contribution in [-0.4, -0.2) is 24.1 Å². The normalized spacial score (nSPS) is 25.2. The Hall–Kier alpha value is -1.32. The maximum atomic E-state index is 5.77. The van der Waals surface area contributed by atoms with Crippen LogP contribution in [0.1, 0.15) is 24.3 Å². The summed E-state index contributed by atoms with van der Waals surface area (Å²) >= 11 is 0. The molecule has 1 aromatic heterocycles. The van der Waals surface area contributed by atoms with E-state index < -0.39 is 0 Å². The molecule has 0 saturated carbocycles. The first kappa shape index (κ1) is 10.8. The summed E-state index contributed by atoms with van der Waals surface area (Å²) in [4.78, 5) is 3.37. The van der Waals surface area contributed by atoms with E-state index in [0.29, 0.717) is 12.0 Å². The van der Waals surface area contributed by atoms with Gasteiger partial charge in [-0.2, -0.15) is 0 Å². The molecule has 0 radical (unpaired) electrons. The number of benzene rings is 1. The summed E-state index contributed by atoms with van der Waals surface area (Å²) < 4.78 is 0. The first-order valence-corrected chi connectivity index (χ1v) is 6.38. The van der Waals surface area contributed by atoms with E-state index >= 15 is 0 Å². The Kier molecular flexibility index (Phi) is 2.87. The summed E-state index contributed by atoms with van der Waals surface area (Å²) in [6, 6.07) is 9.18. The van der Waals surface area contributed by atoms with E-state index in [-0.39, 0.29) is 0 Å². The number of aromatic amines is 1. The van der Waals surface area contributed by atoms with Gasteiger partial charge in [0, 0.05) is 24.3 Å². The van der Waals surface area contributed by atoms with Crippen LogP contribution in [0.25, 0.3) is 10.9 Å². The molecule has 90 valence electrons. The van der Waals surface area contributed by atoms with Gasteiger partial charge in [-0.3, -0.25) is 0 Å². The number of fused-ring (bicyclic) bond motifs is 1. The van der Waals surface area contributed by atoms with Crippen molar-refractivity contribution in [2.24, 2.45) is 5.73 Å². The smallest absolute Gasteiger partial charge is 0.0489 e. The maximum Gasteiger partial charge on any atom is 0.0489 e. The summed E-state index contributed by atoms with van der Waals surface area (Å²) in [6.07, 6.45) is 4.37. The molecule has 1 aromatic carbocycles. The number of rotatable bonds is 2. The number of H-pyrrole nitrogens is 1. The molecule has 3 rings (SSSR count). The van der Waals surface area contributed by atoms with E-state index in [2.05, 4.69) is 34.6 Å². The van der Waals surface area contributed by atoms with Crippen LogP contribution in [0.15, 0.2) is 30.5 Å². The van der Waals surface area contributed by atoms with Gasteiger partial charge < -0.3 is 16.0 Å². The Morgan fingerprint density at radius 3 is 3.12 bits per heavy atom. The molecule has 0 bridgehead atoms. The molecule has 3 heteroatoms. The van der Waals surface area contributed by atoms with Crippen LogP contribution in [0.4, 0.5) is 0 Å². The third kappa shape index (κ3) is 1.96. The van der Waals surface area contributed by atoms with Crippen molar-refractivity contribution in [1.29, 1.82) is 0 Å². The zero-order chi connectivity index (χ0) is 11.7. The van der Waals surface area contributed by atoms with Crippen molar-refractivity contribution in [1.82, 2.24) is 10.3 Å². The lowest BCUT2D eigenvalue weighted by Crippen LogP contribution is -2.42. The molecule has 4 N–H and O–H groups in total. The van der Waals surface area contributed by atoms with Gasteiger partial charge in [-0.15, -0.1) is 0 Å². The number of piperidine rings is 1. The summed E-state index contributed by atoms with van der Waals surface area (Å²) in [5, 5.41) is 4.79. The molecule has 17 heavy (non-hydrogen) atoms. The lowest BCUT2D eigenvalue weighted by molar-refractivity contribution is 0.368. The number of para-hydroxylation sites is 1. The lowest BCUT2D eigenvalue weighted by atomic mass is 9.85. The zero-order valence-electron chi connectivity index (χ0n) is 9.95. The molecule has 3 nitrogen and oxygen atoms in total. The van der Waals surface area contributed by atoms with Crippen molar-refractivity contribution in [2.75, 3.05) is 13.1 Å². The largest absolute Gasteiger partial charge is 0.361 e. The Bertz CT molecular complexity index is 503. The monoisotopic (exact) mass is 229 g/mol. The Balaban J connectivity index is 1.94. The molecular weight excluding hydrogens is 210 g/mol. The zero-order valence-corrected chi connectivity index (χ0v) is 9.95. The first-order valence-electron chi connectivity index (χ1n) is 6.38. The molecule has 1 saturated heterocycles. The second-order valence-electron chi connectivity index (χ2n) is 4.90. The molecule has 1 aliphatic rings. The molecule has 1 fully saturated rings. The first-order chi connectivity index (χ1) is 8.38. The number of nitrogens with one attached hydrogen (secondary N) is 2. The predicted octanol–water partition coefficient (Wildman–Crippen LogP) is 1.96. The van der Waals surface area contributed by atoms with Gasteiger partial charge in [0.25, 0.3) is 0 Å². The topological polar surface area (TPSA) is 53.8 Å². The van der Waals surface area contributed by atoms with Crippen LogP contribution in [0.2, 0.25) is 0 Å². The minimum atomic E-state index is 0.471. The maximum absolute atomic E-state index is 5.77. The number of nitrogens with two attached hydrogens (primary N) is 1. The predicted molar refractivity (Wildman–Crippen MR) is 71.1 cm³/mol. The molecule has 2 heterocycles. The number of hydrogen-bond donors (Lipinski definition) is 3. The summed E-state index contributed by atoms with van der Waals surface area (Å²) in [5.74, 6) is 0.632. The average molecular weight is 229 g/mol. The van der Waals surface area contributed by atoms with Crippen molar-refractivity contribution in [3.05, 3.63) is 36.0 Å². The van der Waals surface area contributed by atoms with Crippen LogP contribution in [0, 0.1) is 0 Å². The molecule has 2 atom stereocenters. The Morgan fingerprint density at radius 2 is 2.24 bits per heavy atom. The molecular formula is C14H19N3. The van der Waals surface area contributed by atoms with Crippen molar-refractivity contribution in [3.8, 4) is 0 Å². The summed E-state index contributed by atoms with van der Waals surface area (Å²) in [7, 11) is 0. The molecule has 0 spiro atoms. The van der Waals surface area contributed by atoms with Gasteiger partial charge in [-0.1, -0.05) is 18.2 Å². The van der Waals surface area contributed by atoms with Crippen LogP contribution >= 0.6 is 0 Å². The third-order valence-corrected chi connectivity index (χ3v) is 3.84. The van der Waals surface area contributed by atoms with Crippen molar-refractivity contribution in [3.63, 3.8) is 0 Å². The second-order valence-corrected chi connectivity index (χ2v) is 4.90. The van der Waals surface area contributed by atoms with Gasteiger partial charge in [-0.25, -0.2) is 0 Å². The van der Waals surface area contributed by atoms with E-state index in [4.69, 9.17) is 5.73 Å². The highest BCUT2D eigenvalue weighted by Crippen LogP contribution is 2.32. The van der Waals surface area contributed by atoms with Crippen molar-refractivity contribution in [2.45, 2.75) is 24.8 Å². The van der Waals surface area contributed by atoms with E-state index in [0.717, 1.165) is 19.5 Å². The average Bonchev–Trinajstić information content (AvgIpc) is 2.87. The van der Waals surface area contributed by atoms with Gasteiger partial charge in [0.2, 0.25) is 0 Å². The minimum Gasteiger partial charge on any atom is -0.361 e. The molecule has 1 aliphatic heterocycles. The lowest BCUT2D eigenvalue weighted by Gasteiger charge is -2.30. The van der Waals surface area contributed by atoms with E-state index in [1.165, 1.54) is 22.9 Å². The van der Waals surface area contributed by atoms with E-state index in [1.54, 1.807) is 0 Å². The molecule has 0 amide bonds. The molecule has 2 unspecified atom stereocenters. The highest BCUT2D eigenvalue weighted by Gasteiger charge is 2.23. The van der Waals surface area contributed by atoms with E-state index in [1.807, 2.05) is 6.20 Å². The number of aromatic nitrogens is 1. The van der Waals surface area contributed by atoms with Crippen molar-refractivity contribution >= 4 is 10.9 Å². The Morgan fingerprint density at radius 1 is 1.29 bits per heavy atom. The molecule has 0 aliphatic carbocycles. The highest BCUT2D eigenvalue weighted by molar-refractivity contribution is 5.83. The van der Waals surface area contributed by atoms with Crippen LogP contribution in [-0.2, 0) is 0 Å². The van der Waals surface area contributed by atoms with Gasteiger partial charge in [0.1, 0.15) is 0 Å². The van der Waals surface area contributed by atoms with Crippen LogP contribution in [0.5, 0.6) is 0 Å². The SMILES string of the molecule is NCC1CC(c2cccc3cc[nH]c23)CCN1. The number of hydrogen-bond acceptors (Lipinski definition) is 2. The van der Waals surface area contributed by atoms with Gasteiger partial charge in [0.15, 0.2) is 0 Å². The summed E-state index contributed by atoms with van der Waals surface area (Å²) in [6.45, 7) is 1.81. The fourth-order valence-corrected chi connectivity index (χ4v) is 2.92. The third-order valence-electron chi connectivity index (χ3n) is 3.84.